The van der Waals surface area contributed by atoms with E-state index in [-0.39, 0.29) is 0 Å². The second kappa shape index (κ2) is 2.46. The Bertz CT molecular complexity index is 405. The topological polar surface area (TPSA) is 82.2 Å². The molecule has 0 saturated heterocycles. The minimum atomic E-state index is 0.366. The van der Waals surface area contributed by atoms with E-state index < -0.39 is 0 Å². The minimum absolute atomic E-state index is 0.366. The van der Waals surface area contributed by atoms with E-state index in [9.17, 15) is 0 Å². The van der Waals surface area contributed by atoms with Crippen LogP contribution in [0.3, 0.4) is 0 Å². The highest BCUT2D eigenvalue weighted by Gasteiger charge is 2.04. The van der Waals surface area contributed by atoms with Crippen molar-refractivity contribution in [3.63, 3.8) is 0 Å². The molecule has 2 aromatic rings. The van der Waals surface area contributed by atoms with E-state index in [1.54, 1.807) is 10.5 Å². The number of nitrogens with zero attached hydrogens (tertiary/aromatic N) is 3. The second-order valence-corrected chi connectivity index (χ2v) is 2.48. The van der Waals surface area contributed by atoms with Crippen molar-refractivity contribution in [1.82, 2.24) is 14.6 Å². The largest absolute Gasteiger partial charge is 0.396 e. The van der Waals surface area contributed by atoms with Gasteiger partial charge < -0.3 is 11.5 Å². The highest BCUT2D eigenvalue weighted by molar-refractivity contribution is 5.63. The molecule has 12 heavy (non-hydrogen) atoms. The standard InChI is InChI=1S/C7H9N5/c8-4-6-10-11-7-5(9)2-1-3-12(6)7/h1-3H,4,8-9H2. The van der Waals surface area contributed by atoms with Gasteiger partial charge in [0.1, 0.15) is 0 Å². The molecule has 0 aliphatic heterocycles. The highest BCUT2D eigenvalue weighted by atomic mass is 15.3. The van der Waals surface area contributed by atoms with Crippen molar-refractivity contribution in [2.24, 2.45) is 5.73 Å². The molecule has 0 atom stereocenters. The van der Waals surface area contributed by atoms with Gasteiger partial charge in [-0.25, -0.2) is 0 Å². The number of hydrogen-bond acceptors (Lipinski definition) is 4. The summed E-state index contributed by atoms with van der Waals surface area (Å²) in [6.07, 6.45) is 1.84. The van der Waals surface area contributed by atoms with Crippen LogP contribution in [0.25, 0.3) is 5.65 Å². The second-order valence-electron chi connectivity index (χ2n) is 2.48. The van der Waals surface area contributed by atoms with Gasteiger partial charge in [-0.2, -0.15) is 0 Å². The zero-order chi connectivity index (χ0) is 8.55. The third-order valence-electron chi connectivity index (χ3n) is 1.72. The van der Waals surface area contributed by atoms with E-state index >= 15 is 0 Å². The quantitative estimate of drug-likeness (QED) is 0.608. The smallest absolute Gasteiger partial charge is 0.184 e. The number of rotatable bonds is 1. The van der Waals surface area contributed by atoms with Crippen molar-refractivity contribution in [2.45, 2.75) is 6.54 Å². The Morgan fingerprint density at radius 3 is 3.00 bits per heavy atom. The molecule has 0 aromatic carbocycles. The Labute approximate surface area is 69.0 Å². The Kier molecular flexibility index (Phi) is 1.44. The fraction of sp³-hybridized carbons (Fsp3) is 0.143. The molecule has 5 nitrogen and oxygen atoms in total. The first-order valence-electron chi connectivity index (χ1n) is 3.61. The third kappa shape index (κ3) is 0.835. The first kappa shape index (κ1) is 7.05. The maximum absolute atomic E-state index is 5.66. The number of hydrogen-bond donors (Lipinski definition) is 2. The van der Waals surface area contributed by atoms with Crippen LogP contribution in [0.1, 0.15) is 5.82 Å². The van der Waals surface area contributed by atoms with Crippen molar-refractivity contribution >= 4 is 11.3 Å². The molecule has 2 heterocycles. The molecule has 4 N–H and O–H groups in total. The number of pyridine rings is 1. The summed E-state index contributed by atoms with van der Waals surface area (Å²) >= 11 is 0. The molecule has 0 fully saturated rings. The predicted octanol–water partition coefficient (Wildman–Crippen LogP) is -0.230. The third-order valence-corrected chi connectivity index (χ3v) is 1.72. The molecule has 5 heteroatoms. The molecule has 0 bridgehead atoms. The van der Waals surface area contributed by atoms with E-state index in [1.165, 1.54) is 0 Å². The Balaban J connectivity index is 2.80. The van der Waals surface area contributed by atoms with Crippen LogP contribution >= 0.6 is 0 Å². The summed E-state index contributed by atoms with van der Waals surface area (Å²) in [6.45, 7) is 0.366. The first-order chi connectivity index (χ1) is 5.83. The molecule has 0 aliphatic carbocycles. The molecule has 2 aromatic heterocycles. The van der Waals surface area contributed by atoms with Gasteiger partial charge in [-0.15, -0.1) is 10.2 Å². The van der Waals surface area contributed by atoms with Gasteiger partial charge in [0.15, 0.2) is 11.5 Å². The lowest BCUT2D eigenvalue weighted by molar-refractivity contribution is 0.883. The van der Waals surface area contributed by atoms with Gasteiger partial charge in [0.2, 0.25) is 0 Å². The summed E-state index contributed by atoms with van der Waals surface area (Å²) in [4.78, 5) is 0. The molecule has 62 valence electrons. The number of anilines is 1. The van der Waals surface area contributed by atoms with Gasteiger partial charge in [-0.3, -0.25) is 4.40 Å². The van der Waals surface area contributed by atoms with E-state index in [0.29, 0.717) is 17.9 Å². The van der Waals surface area contributed by atoms with Crippen LogP contribution in [0.15, 0.2) is 18.3 Å². The van der Waals surface area contributed by atoms with Gasteiger partial charge in [0.25, 0.3) is 0 Å². The average Bonchev–Trinajstić information content (AvgIpc) is 2.49. The molecular weight excluding hydrogens is 154 g/mol. The summed E-state index contributed by atoms with van der Waals surface area (Å²) in [6, 6.07) is 3.62. The molecule has 2 rings (SSSR count). The van der Waals surface area contributed by atoms with Crippen LogP contribution in [0, 0.1) is 0 Å². The SMILES string of the molecule is NCc1nnc2c(N)cccn12. The lowest BCUT2D eigenvalue weighted by atomic mass is 10.4. The highest BCUT2D eigenvalue weighted by Crippen LogP contribution is 2.10. The van der Waals surface area contributed by atoms with Crippen LogP contribution in [0.2, 0.25) is 0 Å². The molecule has 0 spiro atoms. The van der Waals surface area contributed by atoms with Crippen LogP contribution < -0.4 is 11.5 Å². The lowest BCUT2D eigenvalue weighted by Gasteiger charge is -1.96. The number of fused-ring (bicyclic) bond motifs is 1. The predicted molar refractivity (Wildman–Crippen MR) is 45.3 cm³/mol. The van der Waals surface area contributed by atoms with E-state index in [0.717, 1.165) is 5.82 Å². The van der Waals surface area contributed by atoms with Crippen LogP contribution in [-0.4, -0.2) is 14.6 Å². The van der Waals surface area contributed by atoms with Crippen molar-refractivity contribution in [3.05, 3.63) is 24.2 Å². The zero-order valence-corrected chi connectivity index (χ0v) is 6.44. The van der Waals surface area contributed by atoms with Crippen molar-refractivity contribution in [1.29, 1.82) is 0 Å². The maximum Gasteiger partial charge on any atom is 0.184 e. The number of aromatic nitrogens is 3. The van der Waals surface area contributed by atoms with Crippen LogP contribution in [0.5, 0.6) is 0 Å². The first-order valence-corrected chi connectivity index (χ1v) is 3.61. The Morgan fingerprint density at radius 1 is 1.42 bits per heavy atom. The molecule has 0 saturated carbocycles. The van der Waals surface area contributed by atoms with Crippen LogP contribution in [-0.2, 0) is 6.54 Å². The monoisotopic (exact) mass is 163 g/mol. The van der Waals surface area contributed by atoms with E-state index in [4.69, 9.17) is 11.5 Å². The number of nitrogen functional groups attached to an aromatic ring is 1. The van der Waals surface area contributed by atoms with Gasteiger partial charge in [-0.05, 0) is 12.1 Å². The summed E-state index contributed by atoms with van der Waals surface area (Å²) in [5.74, 6) is 0.720. The van der Waals surface area contributed by atoms with Crippen molar-refractivity contribution in [3.8, 4) is 0 Å². The van der Waals surface area contributed by atoms with Gasteiger partial charge in [0.05, 0.1) is 12.2 Å². The number of nitrogens with two attached hydrogens (primary N) is 2. The normalized spacial score (nSPS) is 10.8. The fourth-order valence-electron chi connectivity index (χ4n) is 1.12. The summed E-state index contributed by atoms with van der Waals surface area (Å²) in [5.41, 5.74) is 12.4. The average molecular weight is 163 g/mol. The molecule has 0 amide bonds. The van der Waals surface area contributed by atoms with E-state index in [1.807, 2.05) is 12.3 Å². The maximum atomic E-state index is 5.66. The van der Waals surface area contributed by atoms with Gasteiger partial charge in [-0.1, -0.05) is 0 Å². The van der Waals surface area contributed by atoms with E-state index in [2.05, 4.69) is 10.2 Å². The molecule has 0 radical (unpaired) electrons. The molecule has 0 aliphatic rings. The minimum Gasteiger partial charge on any atom is -0.396 e. The Hall–Kier alpha value is -1.62. The molecule has 0 unspecified atom stereocenters. The fourth-order valence-corrected chi connectivity index (χ4v) is 1.12. The summed E-state index contributed by atoms with van der Waals surface area (Å²) in [7, 11) is 0. The summed E-state index contributed by atoms with van der Waals surface area (Å²) < 4.78 is 1.79. The van der Waals surface area contributed by atoms with Crippen LogP contribution in [0.4, 0.5) is 5.69 Å². The van der Waals surface area contributed by atoms with Crippen molar-refractivity contribution in [2.75, 3.05) is 5.73 Å². The molecular formula is C7H9N5. The Morgan fingerprint density at radius 2 is 2.25 bits per heavy atom. The lowest BCUT2D eigenvalue weighted by Crippen LogP contribution is -2.02. The zero-order valence-electron chi connectivity index (χ0n) is 6.44. The van der Waals surface area contributed by atoms with Gasteiger partial charge >= 0.3 is 0 Å². The van der Waals surface area contributed by atoms with Crippen molar-refractivity contribution < 1.29 is 0 Å². The summed E-state index contributed by atoms with van der Waals surface area (Å²) in [5, 5.41) is 7.78. The van der Waals surface area contributed by atoms with Gasteiger partial charge in [0, 0.05) is 6.20 Å².